The highest BCUT2D eigenvalue weighted by Crippen LogP contribution is 2.29. The van der Waals surface area contributed by atoms with Crippen LogP contribution in [0.5, 0.6) is 0 Å². The second-order valence-electron chi connectivity index (χ2n) is 2.33. The Morgan fingerprint density at radius 1 is 1.29 bits per heavy atom. The summed E-state index contributed by atoms with van der Waals surface area (Å²) < 4.78 is 0. The predicted octanol–water partition coefficient (Wildman–Crippen LogP) is 1.33. The van der Waals surface area contributed by atoms with Crippen molar-refractivity contribution in [2.24, 2.45) is 0 Å². The first-order chi connectivity index (χ1) is 3.47. The van der Waals surface area contributed by atoms with Gasteiger partial charge in [-0.2, -0.15) is 0 Å². The highest BCUT2D eigenvalue weighted by atomic mass is 15.2. The molecule has 1 saturated carbocycles. The smallest absolute Gasteiger partial charge is 0.0331 e. The lowest BCUT2D eigenvalue weighted by Crippen LogP contribution is -2.25. The van der Waals surface area contributed by atoms with Crippen LogP contribution in [0.25, 0.3) is 0 Å². The molecule has 1 nitrogen and oxygen atoms in total. The predicted molar refractivity (Wildman–Crippen MR) is 28.6 cm³/mol. The van der Waals surface area contributed by atoms with E-state index in [0.29, 0.717) is 0 Å². The summed E-state index contributed by atoms with van der Waals surface area (Å²) in [5.41, 5.74) is 0. The second kappa shape index (κ2) is 1.03. The van der Waals surface area contributed by atoms with Crippen molar-refractivity contribution in [3.63, 3.8) is 0 Å². The van der Waals surface area contributed by atoms with Gasteiger partial charge in [0.2, 0.25) is 0 Å². The van der Waals surface area contributed by atoms with E-state index in [4.69, 9.17) is 0 Å². The van der Waals surface area contributed by atoms with Gasteiger partial charge in [0.25, 0.3) is 0 Å². The van der Waals surface area contributed by atoms with E-state index in [1.807, 2.05) is 0 Å². The average molecular weight is 95.1 g/mol. The summed E-state index contributed by atoms with van der Waals surface area (Å²) in [6.45, 7) is 0. The van der Waals surface area contributed by atoms with Gasteiger partial charge in [-0.25, -0.2) is 0 Å². The van der Waals surface area contributed by atoms with Gasteiger partial charge >= 0.3 is 0 Å². The van der Waals surface area contributed by atoms with Crippen LogP contribution in [0.15, 0.2) is 12.4 Å². The number of rotatable bonds is 1. The Hall–Kier alpha value is -0.460. The maximum absolute atomic E-state index is 2.31. The average Bonchev–Trinajstić information content (AvgIpc) is 2.10. The minimum Gasteiger partial charge on any atom is -0.348 e. The third kappa shape index (κ3) is 0.441. The Labute approximate surface area is 43.6 Å². The van der Waals surface area contributed by atoms with Crippen molar-refractivity contribution in [2.45, 2.75) is 25.3 Å². The van der Waals surface area contributed by atoms with Crippen LogP contribution >= 0.6 is 0 Å². The maximum Gasteiger partial charge on any atom is 0.0331 e. The van der Waals surface area contributed by atoms with Gasteiger partial charge in [0.05, 0.1) is 0 Å². The lowest BCUT2D eigenvalue weighted by atomic mass is 9.93. The zero-order valence-corrected chi connectivity index (χ0v) is 4.30. The van der Waals surface area contributed by atoms with Crippen LogP contribution in [0.1, 0.15) is 19.3 Å². The molecular weight excluding hydrogens is 86.1 g/mol. The van der Waals surface area contributed by atoms with Crippen LogP contribution in [0.3, 0.4) is 0 Å². The van der Waals surface area contributed by atoms with Gasteiger partial charge < -0.3 is 4.90 Å². The summed E-state index contributed by atoms with van der Waals surface area (Å²) in [6, 6.07) is 0.917. The molecule has 1 heterocycles. The lowest BCUT2D eigenvalue weighted by Gasteiger charge is -2.27. The van der Waals surface area contributed by atoms with Crippen molar-refractivity contribution < 1.29 is 0 Å². The van der Waals surface area contributed by atoms with E-state index in [2.05, 4.69) is 17.3 Å². The molecule has 0 unspecified atom stereocenters. The molecule has 0 aromatic carbocycles. The lowest BCUT2D eigenvalue weighted by molar-refractivity contribution is 0.278. The van der Waals surface area contributed by atoms with Crippen molar-refractivity contribution in [3.8, 4) is 0 Å². The normalized spacial score (nSPS) is 27.7. The van der Waals surface area contributed by atoms with Gasteiger partial charge in [-0.3, -0.25) is 0 Å². The molecule has 38 valence electrons. The summed E-state index contributed by atoms with van der Waals surface area (Å²) in [5.74, 6) is 0. The topological polar surface area (TPSA) is 3.01 Å². The molecule has 0 aromatic heterocycles. The van der Waals surface area contributed by atoms with E-state index >= 15 is 0 Å². The molecule has 1 heteroatoms. The van der Waals surface area contributed by atoms with Crippen LogP contribution in [-0.2, 0) is 0 Å². The molecule has 0 bridgehead atoms. The molecular formula is C6H9N. The van der Waals surface area contributed by atoms with Gasteiger partial charge in [-0.15, -0.1) is 0 Å². The molecule has 0 saturated heterocycles. The van der Waals surface area contributed by atoms with Crippen molar-refractivity contribution in [2.75, 3.05) is 0 Å². The summed E-state index contributed by atoms with van der Waals surface area (Å²) in [7, 11) is 0. The first kappa shape index (κ1) is 3.53. The monoisotopic (exact) mass is 95.1 g/mol. The first-order valence-corrected chi connectivity index (χ1v) is 2.92. The Morgan fingerprint density at radius 2 is 2.00 bits per heavy atom. The summed E-state index contributed by atoms with van der Waals surface area (Å²) in [6.07, 6.45) is 8.61. The third-order valence-corrected chi connectivity index (χ3v) is 1.82. The molecule has 2 aliphatic rings. The van der Waals surface area contributed by atoms with E-state index < -0.39 is 0 Å². The summed E-state index contributed by atoms with van der Waals surface area (Å²) in [5, 5.41) is 0. The van der Waals surface area contributed by atoms with Crippen LogP contribution in [-0.4, -0.2) is 10.9 Å². The van der Waals surface area contributed by atoms with E-state index in [1.54, 1.807) is 0 Å². The fourth-order valence-corrected chi connectivity index (χ4v) is 0.967. The van der Waals surface area contributed by atoms with Gasteiger partial charge in [-0.1, -0.05) is 0 Å². The van der Waals surface area contributed by atoms with Crippen molar-refractivity contribution in [1.29, 1.82) is 0 Å². The molecule has 0 spiro atoms. The fourth-order valence-electron chi connectivity index (χ4n) is 0.967. The van der Waals surface area contributed by atoms with Crippen LogP contribution in [0, 0.1) is 0 Å². The van der Waals surface area contributed by atoms with E-state index in [0.717, 1.165) is 6.04 Å². The third-order valence-electron chi connectivity index (χ3n) is 1.82. The summed E-state index contributed by atoms with van der Waals surface area (Å²) >= 11 is 0. The molecule has 0 atom stereocenters. The molecule has 1 fully saturated rings. The van der Waals surface area contributed by atoms with E-state index in [9.17, 15) is 0 Å². The van der Waals surface area contributed by atoms with E-state index in [1.165, 1.54) is 19.3 Å². The molecule has 0 N–H and O–H groups in total. The van der Waals surface area contributed by atoms with Gasteiger partial charge in [0, 0.05) is 18.4 Å². The Balaban J connectivity index is 1.85. The molecule has 1 aliphatic heterocycles. The molecule has 0 radical (unpaired) electrons. The highest BCUT2D eigenvalue weighted by molar-refractivity contribution is 5.06. The van der Waals surface area contributed by atoms with E-state index in [-0.39, 0.29) is 0 Å². The zero-order chi connectivity index (χ0) is 4.69. The second-order valence-corrected chi connectivity index (χ2v) is 2.33. The molecule has 0 amide bonds. The van der Waals surface area contributed by atoms with Crippen LogP contribution in [0.2, 0.25) is 0 Å². The Morgan fingerprint density at radius 3 is 2.14 bits per heavy atom. The van der Waals surface area contributed by atoms with Crippen molar-refractivity contribution in [1.82, 2.24) is 4.90 Å². The maximum atomic E-state index is 2.31. The molecule has 7 heavy (non-hydrogen) atoms. The van der Waals surface area contributed by atoms with Crippen molar-refractivity contribution >= 4 is 0 Å². The van der Waals surface area contributed by atoms with Crippen molar-refractivity contribution in [3.05, 3.63) is 12.4 Å². The molecule has 2 rings (SSSR count). The first-order valence-electron chi connectivity index (χ1n) is 2.92. The minimum atomic E-state index is 0.917. The Bertz CT molecular complexity index is 96.7. The molecule has 0 aromatic rings. The van der Waals surface area contributed by atoms with Crippen LogP contribution in [0.4, 0.5) is 0 Å². The molecule has 1 aliphatic carbocycles. The minimum absolute atomic E-state index is 0.917. The fraction of sp³-hybridized carbons (Fsp3) is 0.667. The largest absolute Gasteiger partial charge is 0.348 e. The number of hydrogen-bond donors (Lipinski definition) is 0. The number of hydrogen-bond acceptors (Lipinski definition) is 1. The van der Waals surface area contributed by atoms with Gasteiger partial charge in [-0.05, 0) is 19.3 Å². The Kier molecular flexibility index (Phi) is 0.518. The van der Waals surface area contributed by atoms with Gasteiger partial charge in [0.15, 0.2) is 0 Å². The highest BCUT2D eigenvalue weighted by Gasteiger charge is 2.25. The van der Waals surface area contributed by atoms with Crippen LogP contribution < -0.4 is 0 Å². The van der Waals surface area contributed by atoms with Gasteiger partial charge in [0.1, 0.15) is 0 Å². The number of nitrogens with zero attached hydrogens (tertiary/aromatic N) is 1. The SMILES string of the molecule is C1=CN1C1CCC1. The quantitative estimate of drug-likeness (QED) is 0.474. The standard InChI is InChI=1S/C6H9N/c1-2-6(3-1)7-4-5-7/h4-6H,1-3H2. The zero-order valence-electron chi connectivity index (χ0n) is 4.30. The summed E-state index contributed by atoms with van der Waals surface area (Å²) in [4.78, 5) is 2.31.